The number of hydrogen-bond acceptors (Lipinski definition) is 8. The highest BCUT2D eigenvalue weighted by molar-refractivity contribution is 6.09. The summed E-state index contributed by atoms with van der Waals surface area (Å²) in [7, 11) is 0. The van der Waals surface area contributed by atoms with Gasteiger partial charge in [0.15, 0.2) is 0 Å². The monoisotopic (exact) mass is 336 g/mol. The molecule has 0 heterocycles. The third-order valence-corrected chi connectivity index (χ3v) is 2.72. The highest BCUT2D eigenvalue weighted by atomic mass is 16.5. The number of carbonyl (C=O) groups is 4. The first-order chi connectivity index (χ1) is 11.0. The summed E-state index contributed by atoms with van der Waals surface area (Å²) in [4.78, 5) is 46.5. The van der Waals surface area contributed by atoms with Crippen LogP contribution in [0, 0.1) is 0 Å². The second-order valence-electron chi connectivity index (χ2n) is 5.43. The van der Waals surface area contributed by atoms with Crippen LogP contribution < -0.4 is 10.2 Å². The van der Waals surface area contributed by atoms with E-state index >= 15 is 0 Å². The molecule has 0 bridgehead atoms. The van der Waals surface area contributed by atoms with Crippen molar-refractivity contribution in [1.82, 2.24) is 0 Å². The van der Waals surface area contributed by atoms with E-state index in [0.717, 1.165) is 0 Å². The zero-order chi connectivity index (χ0) is 18.6. The van der Waals surface area contributed by atoms with Crippen LogP contribution in [-0.2, 0) is 9.47 Å². The minimum absolute atomic E-state index is 0.552. The van der Waals surface area contributed by atoms with Crippen LogP contribution in [0.3, 0.4) is 0 Å². The van der Waals surface area contributed by atoms with E-state index in [9.17, 15) is 29.4 Å². The molecule has 8 heteroatoms. The topological polar surface area (TPSA) is 133 Å². The summed E-state index contributed by atoms with van der Waals surface area (Å²) in [5, 5.41) is 22.5. The lowest BCUT2D eigenvalue weighted by Crippen LogP contribution is -2.30. The molecular formula is C16H16O8-2. The van der Waals surface area contributed by atoms with E-state index in [1.807, 2.05) is 0 Å². The van der Waals surface area contributed by atoms with E-state index in [1.165, 1.54) is 27.7 Å². The SMILES string of the molecule is CC(C)OC(=O)c1cc(C(=O)[O-])c(C(=O)OC(C)C)cc1C(=O)[O-]. The van der Waals surface area contributed by atoms with Crippen LogP contribution in [-0.4, -0.2) is 36.1 Å². The van der Waals surface area contributed by atoms with E-state index < -0.39 is 58.3 Å². The van der Waals surface area contributed by atoms with Crippen molar-refractivity contribution < 1.29 is 38.9 Å². The lowest BCUT2D eigenvalue weighted by atomic mass is 9.98. The molecule has 0 saturated heterocycles. The van der Waals surface area contributed by atoms with Gasteiger partial charge in [0.05, 0.1) is 35.3 Å². The van der Waals surface area contributed by atoms with Crippen molar-refractivity contribution in [1.29, 1.82) is 0 Å². The number of carboxylic acid groups (broad SMARTS) is 2. The Morgan fingerprint density at radius 2 is 1.00 bits per heavy atom. The first kappa shape index (κ1) is 19.1. The molecule has 24 heavy (non-hydrogen) atoms. The molecule has 8 nitrogen and oxygen atoms in total. The molecular weight excluding hydrogens is 320 g/mol. The van der Waals surface area contributed by atoms with Gasteiger partial charge in [0.2, 0.25) is 0 Å². The van der Waals surface area contributed by atoms with Crippen molar-refractivity contribution >= 4 is 23.9 Å². The van der Waals surface area contributed by atoms with Gasteiger partial charge in [-0.05, 0) is 39.8 Å². The Morgan fingerprint density at radius 1 is 0.708 bits per heavy atom. The molecule has 0 saturated carbocycles. The first-order valence-electron chi connectivity index (χ1n) is 7.07. The number of esters is 2. The van der Waals surface area contributed by atoms with Crippen molar-refractivity contribution in [2.45, 2.75) is 39.9 Å². The Kier molecular flexibility index (Phi) is 6.05. The van der Waals surface area contributed by atoms with Crippen LogP contribution >= 0.6 is 0 Å². The number of hydrogen-bond donors (Lipinski definition) is 0. The standard InChI is InChI=1S/C16H18O8/c1-7(2)23-15(21)11-5-10(14(19)20)12(6-9(11)13(17)18)16(22)24-8(3)4/h5-8H,1-4H3,(H,17,18)(H,19,20)/p-2. The number of benzene rings is 1. The Hall–Kier alpha value is -2.90. The van der Waals surface area contributed by atoms with Crippen molar-refractivity contribution in [3.05, 3.63) is 34.4 Å². The van der Waals surface area contributed by atoms with Crippen LogP contribution in [0.4, 0.5) is 0 Å². The molecule has 1 aromatic carbocycles. The average Bonchev–Trinajstić information content (AvgIpc) is 2.43. The van der Waals surface area contributed by atoms with Gasteiger partial charge in [0, 0.05) is 11.1 Å². The first-order valence-corrected chi connectivity index (χ1v) is 7.07. The van der Waals surface area contributed by atoms with Crippen LogP contribution in [0.5, 0.6) is 0 Å². The van der Waals surface area contributed by atoms with E-state index in [0.29, 0.717) is 12.1 Å². The molecule has 0 fully saturated rings. The Bertz CT molecular complexity index is 628. The molecule has 0 aliphatic rings. The van der Waals surface area contributed by atoms with E-state index in [2.05, 4.69) is 0 Å². The van der Waals surface area contributed by atoms with Crippen molar-refractivity contribution in [2.24, 2.45) is 0 Å². The molecule has 0 unspecified atom stereocenters. The number of carboxylic acids is 2. The average molecular weight is 336 g/mol. The van der Waals surface area contributed by atoms with Gasteiger partial charge in [0.25, 0.3) is 0 Å². The molecule has 0 spiro atoms. The van der Waals surface area contributed by atoms with Gasteiger partial charge < -0.3 is 29.3 Å². The zero-order valence-corrected chi connectivity index (χ0v) is 13.6. The van der Waals surface area contributed by atoms with Crippen LogP contribution in [0.15, 0.2) is 12.1 Å². The summed E-state index contributed by atoms with van der Waals surface area (Å²) in [6, 6.07) is 1.42. The normalized spacial score (nSPS) is 10.6. The quantitative estimate of drug-likeness (QED) is 0.637. The Labute approximate surface area is 138 Å². The third kappa shape index (κ3) is 4.55. The summed E-state index contributed by atoms with van der Waals surface area (Å²) < 4.78 is 9.73. The van der Waals surface area contributed by atoms with Gasteiger partial charge in [-0.3, -0.25) is 0 Å². The summed E-state index contributed by atoms with van der Waals surface area (Å²) in [5.74, 6) is -5.66. The van der Waals surface area contributed by atoms with Gasteiger partial charge in [-0.15, -0.1) is 0 Å². The summed E-state index contributed by atoms with van der Waals surface area (Å²) in [5.41, 5.74) is -2.46. The molecule has 0 amide bonds. The second kappa shape index (κ2) is 7.58. The fraction of sp³-hybridized carbons (Fsp3) is 0.375. The maximum atomic E-state index is 12.0. The highest BCUT2D eigenvalue weighted by Gasteiger charge is 2.23. The molecule has 0 aliphatic heterocycles. The smallest absolute Gasteiger partial charge is 0.339 e. The number of aromatic carboxylic acids is 2. The molecule has 0 N–H and O–H groups in total. The van der Waals surface area contributed by atoms with Gasteiger partial charge in [-0.25, -0.2) is 9.59 Å². The van der Waals surface area contributed by atoms with Crippen molar-refractivity contribution in [3.63, 3.8) is 0 Å². The minimum atomic E-state index is -1.77. The predicted molar refractivity (Wildman–Crippen MR) is 76.2 cm³/mol. The van der Waals surface area contributed by atoms with Crippen LogP contribution in [0.1, 0.15) is 69.1 Å². The van der Waals surface area contributed by atoms with E-state index in [1.54, 1.807) is 0 Å². The Morgan fingerprint density at radius 3 is 1.21 bits per heavy atom. The minimum Gasteiger partial charge on any atom is -0.545 e. The van der Waals surface area contributed by atoms with E-state index in [4.69, 9.17) is 9.47 Å². The molecule has 1 aromatic rings. The fourth-order valence-corrected chi connectivity index (χ4v) is 1.83. The fourth-order valence-electron chi connectivity index (χ4n) is 1.83. The van der Waals surface area contributed by atoms with E-state index in [-0.39, 0.29) is 0 Å². The van der Waals surface area contributed by atoms with Crippen molar-refractivity contribution in [3.8, 4) is 0 Å². The van der Waals surface area contributed by atoms with Crippen LogP contribution in [0.25, 0.3) is 0 Å². The molecule has 0 aliphatic carbocycles. The third-order valence-electron chi connectivity index (χ3n) is 2.72. The van der Waals surface area contributed by atoms with Gasteiger partial charge in [0.1, 0.15) is 0 Å². The number of rotatable bonds is 6. The van der Waals surface area contributed by atoms with Crippen LogP contribution in [0.2, 0.25) is 0 Å². The van der Waals surface area contributed by atoms with Gasteiger partial charge in [-0.2, -0.15) is 0 Å². The zero-order valence-electron chi connectivity index (χ0n) is 13.6. The molecule has 0 radical (unpaired) electrons. The van der Waals surface area contributed by atoms with Gasteiger partial charge in [-0.1, -0.05) is 0 Å². The molecule has 1 rings (SSSR count). The largest absolute Gasteiger partial charge is 0.545 e. The summed E-state index contributed by atoms with van der Waals surface area (Å²) in [6.07, 6.45) is -1.13. The summed E-state index contributed by atoms with van der Waals surface area (Å²) in [6.45, 7) is 6.13. The Balaban J connectivity index is 3.55. The maximum Gasteiger partial charge on any atom is 0.339 e. The molecule has 0 atom stereocenters. The number of ether oxygens (including phenoxy) is 2. The highest BCUT2D eigenvalue weighted by Crippen LogP contribution is 2.20. The lowest BCUT2D eigenvalue weighted by Gasteiger charge is -2.18. The maximum absolute atomic E-state index is 12.0. The second-order valence-corrected chi connectivity index (χ2v) is 5.43. The number of carbonyl (C=O) groups excluding carboxylic acids is 4. The lowest BCUT2D eigenvalue weighted by molar-refractivity contribution is -0.256. The van der Waals surface area contributed by atoms with Gasteiger partial charge >= 0.3 is 11.9 Å². The molecule has 0 aromatic heterocycles. The summed E-state index contributed by atoms with van der Waals surface area (Å²) >= 11 is 0. The molecule has 130 valence electrons. The van der Waals surface area contributed by atoms with Crippen molar-refractivity contribution in [2.75, 3.05) is 0 Å². The predicted octanol–water partition coefficient (Wildman–Crippen LogP) is -0.456.